The number of nitrogens with zero attached hydrogens (tertiary/aromatic N) is 3. The van der Waals surface area contributed by atoms with E-state index < -0.39 is 0 Å². The molecule has 20 heavy (non-hydrogen) atoms. The molecule has 3 aromatic rings. The van der Waals surface area contributed by atoms with Gasteiger partial charge in [0.1, 0.15) is 11.3 Å². The van der Waals surface area contributed by atoms with E-state index in [0.717, 1.165) is 26.2 Å². The first-order valence-electron chi connectivity index (χ1n) is 5.97. The largest absolute Gasteiger partial charge is 0.481 e. The van der Waals surface area contributed by atoms with Crippen LogP contribution in [0.1, 0.15) is 5.82 Å². The molecular formula is C14H11ClIN3O. The molecule has 0 N–H and O–H groups in total. The van der Waals surface area contributed by atoms with Crippen molar-refractivity contribution in [2.75, 3.05) is 7.11 Å². The van der Waals surface area contributed by atoms with Gasteiger partial charge in [-0.3, -0.25) is 4.57 Å². The Hall–Kier alpha value is -1.34. The molecule has 0 fully saturated rings. The van der Waals surface area contributed by atoms with E-state index in [2.05, 4.69) is 38.6 Å². The summed E-state index contributed by atoms with van der Waals surface area (Å²) in [5, 5.41) is 0. The van der Waals surface area contributed by atoms with Crippen LogP contribution in [0.4, 0.5) is 0 Å². The third-order valence-corrected chi connectivity index (χ3v) is 3.85. The average molecular weight is 400 g/mol. The number of methoxy groups -OCH3 is 1. The number of halogens is 2. The fourth-order valence-corrected chi connectivity index (χ4v) is 2.78. The smallest absolute Gasteiger partial charge is 0.215 e. The third kappa shape index (κ3) is 2.35. The van der Waals surface area contributed by atoms with Crippen molar-refractivity contribution in [1.29, 1.82) is 0 Å². The molecule has 0 unspecified atom stereocenters. The summed E-state index contributed by atoms with van der Waals surface area (Å²) in [6, 6.07) is 11.8. The number of ether oxygens (including phenoxy) is 1. The van der Waals surface area contributed by atoms with Crippen molar-refractivity contribution >= 4 is 45.4 Å². The van der Waals surface area contributed by atoms with E-state index in [9.17, 15) is 0 Å². The Labute approximate surface area is 134 Å². The minimum Gasteiger partial charge on any atom is -0.481 e. The molecular weight excluding hydrogens is 389 g/mol. The topological polar surface area (TPSA) is 39.9 Å². The summed E-state index contributed by atoms with van der Waals surface area (Å²) in [6.07, 6.45) is 0. The van der Waals surface area contributed by atoms with Crippen LogP contribution in [0.15, 0.2) is 36.4 Å². The molecule has 102 valence electrons. The molecule has 0 bridgehead atoms. The normalized spacial score (nSPS) is 10.9. The molecule has 0 saturated heterocycles. The van der Waals surface area contributed by atoms with E-state index in [-0.39, 0.29) is 0 Å². The van der Waals surface area contributed by atoms with Gasteiger partial charge in [0.15, 0.2) is 5.65 Å². The fraction of sp³-hybridized carbons (Fsp3) is 0.143. The minimum atomic E-state index is 0.324. The van der Waals surface area contributed by atoms with Gasteiger partial charge in [0.05, 0.1) is 13.0 Å². The van der Waals surface area contributed by atoms with Crippen LogP contribution < -0.4 is 4.74 Å². The Bertz CT molecular complexity index is 772. The van der Waals surface area contributed by atoms with E-state index in [4.69, 9.17) is 16.3 Å². The lowest BCUT2D eigenvalue weighted by Crippen LogP contribution is -2.01. The molecule has 0 radical (unpaired) electrons. The maximum atomic E-state index is 6.02. The molecule has 0 aliphatic heterocycles. The van der Waals surface area contributed by atoms with Crippen LogP contribution in [0, 0.1) is 3.57 Å². The number of hydrogen-bond acceptors (Lipinski definition) is 3. The van der Waals surface area contributed by atoms with Crippen molar-refractivity contribution in [3.8, 4) is 11.6 Å². The molecule has 0 spiro atoms. The summed E-state index contributed by atoms with van der Waals surface area (Å²) in [5.41, 5.74) is 2.55. The molecule has 3 rings (SSSR count). The molecule has 0 aliphatic rings. The highest BCUT2D eigenvalue weighted by Gasteiger charge is 2.14. The molecule has 1 aromatic carbocycles. The Kier molecular flexibility index (Phi) is 3.80. The predicted octanol–water partition coefficient (Wildman–Crippen LogP) is 3.77. The summed E-state index contributed by atoms with van der Waals surface area (Å²) in [6.45, 7) is 0. The van der Waals surface area contributed by atoms with Gasteiger partial charge in [0.2, 0.25) is 5.88 Å². The predicted molar refractivity (Wildman–Crippen MR) is 87.7 cm³/mol. The Balaban J connectivity index is 2.31. The van der Waals surface area contributed by atoms with Crippen molar-refractivity contribution in [2.24, 2.45) is 0 Å². The van der Waals surface area contributed by atoms with Gasteiger partial charge >= 0.3 is 0 Å². The van der Waals surface area contributed by atoms with Crippen LogP contribution in [0.5, 0.6) is 5.88 Å². The number of benzene rings is 1. The number of fused-ring (bicyclic) bond motifs is 1. The van der Waals surface area contributed by atoms with Crippen LogP contribution in [0.2, 0.25) is 0 Å². The van der Waals surface area contributed by atoms with Crippen molar-refractivity contribution in [1.82, 2.24) is 14.5 Å². The van der Waals surface area contributed by atoms with E-state index in [1.807, 2.05) is 28.8 Å². The van der Waals surface area contributed by atoms with Gasteiger partial charge in [0.25, 0.3) is 0 Å². The summed E-state index contributed by atoms with van der Waals surface area (Å²) < 4.78 is 8.30. The molecule has 2 heterocycles. The molecule has 0 atom stereocenters. The first kappa shape index (κ1) is 13.6. The lowest BCUT2D eigenvalue weighted by molar-refractivity contribution is 0.399. The first-order chi connectivity index (χ1) is 9.72. The highest BCUT2D eigenvalue weighted by Crippen LogP contribution is 2.24. The lowest BCUT2D eigenvalue weighted by atomic mass is 10.3. The Morgan fingerprint density at radius 2 is 2.10 bits per heavy atom. The monoisotopic (exact) mass is 399 g/mol. The molecule has 6 heteroatoms. The van der Waals surface area contributed by atoms with Gasteiger partial charge in [-0.1, -0.05) is 6.07 Å². The zero-order valence-corrected chi connectivity index (χ0v) is 13.6. The average Bonchev–Trinajstić information content (AvgIpc) is 2.84. The molecule has 2 aromatic heterocycles. The molecule has 4 nitrogen and oxygen atoms in total. The highest BCUT2D eigenvalue weighted by molar-refractivity contribution is 14.1. The second-order valence-electron chi connectivity index (χ2n) is 4.17. The van der Waals surface area contributed by atoms with E-state index in [1.165, 1.54) is 0 Å². The fourth-order valence-electron chi connectivity index (χ4n) is 2.08. The lowest BCUT2D eigenvalue weighted by Gasteiger charge is -2.08. The van der Waals surface area contributed by atoms with Crippen LogP contribution >= 0.6 is 34.2 Å². The van der Waals surface area contributed by atoms with Gasteiger partial charge in [-0.25, -0.2) is 4.98 Å². The van der Waals surface area contributed by atoms with Crippen molar-refractivity contribution in [2.45, 2.75) is 5.88 Å². The van der Waals surface area contributed by atoms with E-state index in [1.54, 1.807) is 13.2 Å². The molecule has 0 saturated carbocycles. The second-order valence-corrected chi connectivity index (χ2v) is 5.69. The number of alkyl halides is 1. The molecule has 0 amide bonds. The quantitative estimate of drug-likeness (QED) is 0.497. The zero-order valence-electron chi connectivity index (χ0n) is 10.7. The summed E-state index contributed by atoms with van der Waals surface area (Å²) in [7, 11) is 1.60. The van der Waals surface area contributed by atoms with Crippen LogP contribution in [-0.4, -0.2) is 21.6 Å². The van der Waals surface area contributed by atoms with Crippen LogP contribution in [0.25, 0.3) is 16.9 Å². The number of rotatable bonds is 3. The van der Waals surface area contributed by atoms with Crippen LogP contribution in [0.3, 0.4) is 0 Å². The van der Waals surface area contributed by atoms with Gasteiger partial charge in [-0.05, 0) is 46.9 Å². The number of pyridine rings is 1. The second kappa shape index (κ2) is 5.57. The number of hydrogen-bond donors (Lipinski definition) is 0. The maximum Gasteiger partial charge on any atom is 0.215 e. The zero-order chi connectivity index (χ0) is 14.1. The van der Waals surface area contributed by atoms with Crippen LogP contribution in [-0.2, 0) is 5.88 Å². The van der Waals surface area contributed by atoms with Gasteiger partial charge in [-0.15, -0.1) is 11.6 Å². The number of imidazole rings is 1. The summed E-state index contributed by atoms with van der Waals surface area (Å²) >= 11 is 8.30. The number of aromatic nitrogens is 3. The van der Waals surface area contributed by atoms with E-state index in [0.29, 0.717) is 11.8 Å². The van der Waals surface area contributed by atoms with Gasteiger partial charge in [0, 0.05) is 15.3 Å². The summed E-state index contributed by atoms with van der Waals surface area (Å²) in [4.78, 5) is 9.01. The first-order valence-corrected chi connectivity index (χ1v) is 7.58. The summed E-state index contributed by atoms with van der Waals surface area (Å²) in [5.74, 6) is 1.65. The highest BCUT2D eigenvalue weighted by atomic mass is 127. The van der Waals surface area contributed by atoms with Crippen molar-refractivity contribution < 1.29 is 4.74 Å². The molecule has 0 aliphatic carbocycles. The third-order valence-electron chi connectivity index (χ3n) is 2.94. The van der Waals surface area contributed by atoms with Crippen molar-refractivity contribution in [3.05, 3.63) is 45.8 Å². The van der Waals surface area contributed by atoms with Crippen molar-refractivity contribution in [3.63, 3.8) is 0 Å². The van der Waals surface area contributed by atoms with E-state index >= 15 is 0 Å². The Morgan fingerprint density at radius 1 is 1.25 bits per heavy atom. The standard InChI is InChI=1S/C14H11ClIN3O/c1-20-13-6-5-11-14(18-13)19(12(8-15)17-11)10-4-2-3-9(16)7-10/h2-7H,8H2,1H3. The minimum absolute atomic E-state index is 0.324. The van der Waals surface area contributed by atoms with Gasteiger partial charge < -0.3 is 4.74 Å². The maximum absolute atomic E-state index is 6.02. The SMILES string of the molecule is COc1ccc2nc(CCl)n(-c3cccc(I)c3)c2n1. The van der Waals surface area contributed by atoms with Gasteiger partial charge in [-0.2, -0.15) is 4.98 Å². The Morgan fingerprint density at radius 3 is 2.80 bits per heavy atom.